The molecular formula is C15H18N4O2. The van der Waals surface area contributed by atoms with Crippen molar-refractivity contribution in [3.05, 3.63) is 35.9 Å². The Morgan fingerprint density at radius 3 is 3.00 bits per heavy atom. The van der Waals surface area contributed by atoms with E-state index < -0.39 is 0 Å². The highest BCUT2D eigenvalue weighted by atomic mass is 16.5. The van der Waals surface area contributed by atoms with E-state index in [1.54, 1.807) is 0 Å². The standard InChI is InChI=1S/C15H18N4O2/c1-19(11-6-7-21-9-11)15-12(14(16)18-20)8-10-4-2-3-5-13(10)17-15/h2-5,8,11,20H,6-7,9H2,1H3,(H2,16,18). The summed E-state index contributed by atoms with van der Waals surface area (Å²) in [6, 6.07) is 9.95. The number of hydrogen-bond donors (Lipinski definition) is 2. The van der Waals surface area contributed by atoms with Crippen LogP contribution in [0.25, 0.3) is 10.9 Å². The molecule has 3 N–H and O–H groups in total. The van der Waals surface area contributed by atoms with Gasteiger partial charge in [-0.15, -0.1) is 0 Å². The number of aromatic nitrogens is 1. The number of oxime groups is 1. The number of amidine groups is 1. The first kappa shape index (κ1) is 13.6. The van der Waals surface area contributed by atoms with Gasteiger partial charge >= 0.3 is 0 Å². The van der Waals surface area contributed by atoms with E-state index in [0.29, 0.717) is 18.0 Å². The van der Waals surface area contributed by atoms with E-state index in [1.165, 1.54) is 0 Å². The summed E-state index contributed by atoms with van der Waals surface area (Å²) in [5.74, 6) is 0.772. The summed E-state index contributed by atoms with van der Waals surface area (Å²) in [7, 11) is 1.96. The molecule has 6 heteroatoms. The molecule has 1 fully saturated rings. The van der Waals surface area contributed by atoms with Crippen molar-refractivity contribution in [2.24, 2.45) is 10.9 Å². The number of benzene rings is 1. The van der Waals surface area contributed by atoms with Crippen LogP contribution >= 0.6 is 0 Å². The maximum atomic E-state index is 9.02. The number of nitrogens with two attached hydrogens (primary N) is 1. The summed E-state index contributed by atoms with van der Waals surface area (Å²) >= 11 is 0. The Morgan fingerprint density at radius 1 is 1.48 bits per heavy atom. The number of fused-ring (bicyclic) bond motifs is 1. The zero-order valence-corrected chi connectivity index (χ0v) is 11.9. The molecule has 21 heavy (non-hydrogen) atoms. The van der Waals surface area contributed by atoms with E-state index >= 15 is 0 Å². The second-order valence-corrected chi connectivity index (χ2v) is 5.17. The Morgan fingerprint density at radius 2 is 2.29 bits per heavy atom. The van der Waals surface area contributed by atoms with Crippen LogP contribution in [0.5, 0.6) is 0 Å². The van der Waals surface area contributed by atoms with Crippen LogP contribution in [0.1, 0.15) is 12.0 Å². The average molecular weight is 286 g/mol. The molecule has 6 nitrogen and oxygen atoms in total. The lowest BCUT2D eigenvalue weighted by Crippen LogP contribution is -2.34. The lowest BCUT2D eigenvalue weighted by atomic mass is 10.1. The third-order valence-electron chi connectivity index (χ3n) is 3.87. The molecule has 1 saturated heterocycles. The fraction of sp³-hybridized carbons (Fsp3) is 0.333. The zero-order valence-electron chi connectivity index (χ0n) is 11.9. The topological polar surface area (TPSA) is 84.0 Å². The van der Waals surface area contributed by atoms with Gasteiger partial charge in [0.1, 0.15) is 5.82 Å². The van der Waals surface area contributed by atoms with Crippen molar-refractivity contribution in [3.63, 3.8) is 0 Å². The van der Waals surface area contributed by atoms with Crippen LogP contribution in [0.15, 0.2) is 35.5 Å². The number of anilines is 1. The summed E-state index contributed by atoms with van der Waals surface area (Å²) in [6.07, 6.45) is 0.945. The third-order valence-corrected chi connectivity index (χ3v) is 3.87. The molecule has 2 aromatic rings. The van der Waals surface area contributed by atoms with Gasteiger partial charge in [0.25, 0.3) is 0 Å². The lowest BCUT2D eigenvalue weighted by molar-refractivity contribution is 0.193. The number of rotatable bonds is 3. The summed E-state index contributed by atoms with van der Waals surface area (Å²) in [5.41, 5.74) is 7.34. The van der Waals surface area contributed by atoms with Gasteiger partial charge in [-0.05, 0) is 18.6 Å². The highest BCUT2D eigenvalue weighted by molar-refractivity contribution is 6.04. The van der Waals surface area contributed by atoms with Crippen molar-refractivity contribution >= 4 is 22.6 Å². The number of hydrogen-bond acceptors (Lipinski definition) is 5. The second kappa shape index (κ2) is 5.57. The first-order chi connectivity index (χ1) is 10.2. The number of likely N-dealkylation sites (N-methyl/N-ethyl adjacent to an activating group) is 1. The first-order valence-corrected chi connectivity index (χ1v) is 6.89. The molecule has 1 aliphatic heterocycles. The van der Waals surface area contributed by atoms with Crippen LogP contribution in [0.4, 0.5) is 5.82 Å². The molecule has 0 saturated carbocycles. The van der Waals surface area contributed by atoms with Crippen LogP contribution in [0.2, 0.25) is 0 Å². The molecule has 0 radical (unpaired) electrons. The van der Waals surface area contributed by atoms with Crippen molar-refractivity contribution < 1.29 is 9.94 Å². The van der Waals surface area contributed by atoms with Gasteiger partial charge in [-0.1, -0.05) is 23.4 Å². The molecule has 1 atom stereocenters. The van der Waals surface area contributed by atoms with Crippen LogP contribution in [-0.2, 0) is 4.74 Å². The Balaban J connectivity index is 2.13. The van der Waals surface area contributed by atoms with E-state index in [4.69, 9.17) is 15.7 Å². The van der Waals surface area contributed by atoms with Crippen molar-refractivity contribution in [3.8, 4) is 0 Å². The lowest BCUT2D eigenvalue weighted by Gasteiger charge is -2.26. The highest BCUT2D eigenvalue weighted by Crippen LogP contribution is 2.26. The highest BCUT2D eigenvalue weighted by Gasteiger charge is 2.24. The minimum Gasteiger partial charge on any atom is -0.409 e. The van der Waals surface area contributed by atoms with Crippen molar-refractivity contribution in [2.75, 3.05) is 25.2 Å². The summed E-state index contributed by atoms with van der Waals surface area (Å²) in [6.45, 7) is 1.42. The van der Waals surface area contributed by atoms with Crippen LogP contribution in [0, 0.1) is 0 Å². The predicted molar refractivity (Wildman–Crippen MR) is 81.9 cm³/mol. The average Bonchev–Trinajstić information content (AvgIpc) is 3.06. The molecule has 1 aromatic carbocycles. The normalized spacial score (nSPS) is 19.1. The minimum atomic E-state index is 0.0639. The van der Waals surface area contributed by atoms with Gasteiger partial charge in [-0.2, -0.15) is 0 Å². The van der Waals surface area contributed by atoms with Crippen LogP contribution < -0.4 is 10.6 Å². The van der Waals surface area contributed by atoms with E-state index in [-0.39, 0.29) is 11.9 Å². The van der Waals surface area contributed by atoms with Crippen molar-refractivity contribution in [1.82, 2.24) is 4.98 Å². The molecule has 0 bridgehead atoms. The van der Waals surface area contributed by atoms with Gasteiger partial charge in [0.05, 0.1) is 23.7 Å². The molecule has 1 aromatic heterocycles. The Labute approximate surface area is 122 Å². The smallest absolute Gasteiger partial charge is 0.173 e. The zero-order chi connectivity index (χ0) is 14.8. The quantitative estimate of drug-likeness (QED) is 0.387. The SMILES string of the molecule is CN(c1nc2ccccc2cc1/C(N)=N/O)C1CCOC1. The Hall–Kier alpha value is -2.34. The largest absolute Gasteiger partial charge is 0.409 e. The third kappa shape index (κ3) is 2.50. The van der Waals surface area contributed by atoms with E-state index in [2.05, 4.69) is 10.1 Å². The second-order valence-electron chi connectivity index (χ2n) is 5.17. The maximum absolute atomic E-state index is 9.02. The summed E-state index contributed by atoms with van der Waals surface area (Å²) in [5, 5.41) is 13.1. The summed E-state index contributed by atoms with van der Waals surface area (Å²) < 4.78 is 5.43. The molecule has 2 heterocycles. The van der Waals surface area contributed by atoms with Gasteiger partial charge < -0.3 is 20.6 Å². The van der Waals surface area contributed by atoms with Gasteiger partial charge in [-0.25, -0.2) is 4.98 Å². The van der Waals surface area contributed by atoms with Gasteiger partial charge in [0.2, 0.25) is 0 Å². The minimum absolute atomic E-state index is 0.0639. The van der Waals surface area contributed by atoms with Gasteiger partial charge in [0.15, 0.2) is 5.84 Å². The molecular weight excluding hydrogens is 268 g/mol. The van der Waals surface area contributed by atoms with Crippen molar-refractivity contribution in [1.29, 1.82) is 0 Å². The predicted octanol–water partition coefficient (Wildman–Crippen LogP) is 1.55. The molecule has 1 aliphatic rings. The Bertz CT molecular complexity index is 680. The number of para-hydroxylation sites is 1. The molecule has 1 unspecified atom stereocenters. The fourth-order valence-corrected chi connectivity index (χ4v) is 2.62. The Kier molecular flexibility index (Phi) is 3.62. The van der Waals surface area contributed by atoms with Crippen LogP contribution in [0.3, 0.4) is 0 Å². The number of ether oxygens (including phenoxy) is 1. The van der Waals surface area contributed by atoms with Crippen LogP contribution in [-0.4, -0.2) is 42.3 Å². The monoisotopic (exact) mass is 286 g/mol. The number of nitrogens with zero attached hydrogens (tertiary/aromatic N) is 3. The molecule has 0 amide bonds. The van der Waals surface area contributed by atoms with E-state index in [1.807, 2.05) is 42.3 Å². The maximum Gasteiger partial charge on any atom is 0.173 e. The van der Waals surface area contributed by atoms with Gasteiger partial charge in [-0.3, -0.25) is 0 Å². The molecule has 3 rings (SSSR count). The fourth-order valence-electron chi connectivity index (χ4n) is 2.62. The molecule has 0 aliphatic carbocycles. The van der Waals surface area contributed by atoms with Crippen molar-refractivity contribution in [2.45, 2.75) is 12.5 Å². The summed E-state index contributed by atoms with van der Waals surface area (Å²) in [4.78, 5) is 6.74. The molecule has 110 valence electrons. The number of pyridine rings is 1. The van der Waals surface area contributed by atoms with E-state index in [0.717, 1.165) is 23.9 Å². The molecule has 0 spiro atoms. The van der Waals surface area contributed by atoms with E-state index in [9.17, 15) is 0 Å². The first-order valence-electron chi connectivity index (χ1n) is 6.89. The van der Waals surface area contributed by atoms with Gasteiger partial charge in [0, 0.05) is 19.0 Å².